The lowest BCUT2D eigenvalue weighted by molar-refractivity contribution is -0.122. The average molecular weight is 385 g/mol. The number of likely N-dealkylation sites (tertiary alicyclic amines) is 1. The van der Waals surface area contributed by atoms with Crippen molar-refractivity contribution in [2.75, 3.05) is 19.7 Å². The number of carbonyl (C=O) groups excluding carboxylic acids is 2. The van der Waals surface area contributed by atoms with Crippen LogP contribution >= 0.6 is 0 Å². The van der Waals surface area contributed by atoms with Gasteiger partial charge in [0.05, 0.1) is 6.61 Å². The zero-order valence-electron chi connectivity index (χ0n) is 16.4. The van der Waals surface area contributed by atoms with Gasteiger partial charge in [0, 0.05) is 31.6 Å². The van der Waals surface area contributed by atoms with Crippen molar-refractivity contribution in [3.05, 3.63) is 47.3 Å². The van der Waals surface area contributed by atoms with Crippen molar-refractivity contribution in [1.29, 1.82) is 0 Å². The number of benzene rings is 1. The number of nitrogens with one attached hydrogen (secondary N) is 1. The Morgan fingerprint density at radius 1 is 1.25 bits per heavy atom. The number of piperidine rings is 1. The van der Waals surface area contributed by atoms with Crippen LogP contribution in [0.3, 0.4) is 0 Å². The number of hydrogen-bond acceptors (Lipinski definition) is 5. The quantitative estimate of drug-likeness (QED) is 0.741. The molecule has 7 nitrogen and oxygen atoms in total. The minimum absolute atomic E-state index is 0.0327. The van der Waals surface area contributed by atoms with E-state index in [-0.39, 0.29) is 17.9 Å². The van der Waals surface area contributed by atoms with Crippen LogP contribution in [0.5, 0.6) is 5.75 Å². The van der Waals surface area contributed by atoms with Crippen LogP contribution < -0.4 is 10.1 Å². The molecule has 3 rings (SSSR count). The van der Waals surface area contributed by atoms with Crippen molar-refractivity contribution >= 4 is 11.8 Å². The third-order valence-electron chi connectivity index (χ3n) is 4.89. The van der Waals surface area contributed by atoms with E-state index >= 15 is 0 Å². The lowest BCUT2D eigenvalue weighted by atomic mass is 10.0. The summed E-state index contributed by atoms with van der Waals surface area (Å²) in [7, 11) is 0. The van der Waals surface area contributed by atoms with Crippen LogP contribution in [0.2, 0.25) is 0 Å². The molecule has 0 bridgehead atoms. The standard InChI is InChI=1S/C21H27N3O4/c1-15-6-3-4-7-19(15)27-13-5-8-20(25)22-17-9-11-24(12-10-17)21(26)18-14-16(2)28-23-18/h3-4,6-7,14,17H,5,8-13H2,1-2H3,(H,22,25). The minimum atomic E-state index is -0.116. The summed E-state index contributed by atoms with van der Waals surface area (Å²) in [5, 5.41) is 6.85. The number of hydrogen-bond donors (Lipinski definition) is 1. The Morgan fingerprint density at radius 3 is 2.68 bits per heavy atom. The number of amides is 2. The molecule has 150 valence electrons. The number of para-hydroxylation sites is 1. The van der Waals surface area contributed by atoms with Gasteiger partial charge in [0.15, 0.2) is 5.69 Å². The molecule has 1 aliphatic rings. The maximum absolute atomic E-state index is 12.4. The Labute approximate surface area is 165 Å². The molecule has 0 radical (unpaired) electrons. The number of carbonyl (C=O) groups is 2. The van der Waals surface area contributed by atoms with Gasteiger partial charge in [-0.1, -0.05) is 23.4 Å². The fourth-order valence-corrected chi connectivity index (χ4v) is 3.29. The van der Waals surface area contributed by atoms with Crippen LogP contribution in [0.15, 0.2) is 34.9 Å². The highest BCUT2D eigenvalue weighted by molar-refractivity contribution is 5.92. The second-order valence-corrected chi connectivity index (χ2v) is 7.17. The normalized spacial score (nSPS) is 14.7. The first-order chi connectivity index (χ1) is 13.5. The molecular weight excluding hydrogens is 358 g/mol. The van der Waals surface area contributed by atoms with Crippen LogP contribution in [0, 0.1) is 13.8 Å². The number of ether oxygens (including phenoxy) is 1. The van der Waals surface area contributed by atoms with Crippen molar-refractivity contribution in [2.24, 2.45) is 0 Å². The molecule has 0 aliphatic carbocycles. The summed E-state index contributed by atoms with van der Waals surface area (Å²) in [6, 6.07) is 9.60. The van der Waals surface area contributed by atoms with E-state index in [1.807, 2.05) is 31.2 Å². The first-order valence-corrected chi connectivity index (χ1v) is 9.73. The maximum atomic E-state index is 12.4. The summed E-state index contributed by atoms with van der Waals surface area (Å²) in [5.41, 5.74) is 1.43. The Balaban J connectivity index is 1.33. The van der Waals surface area contributed by atoms with Gasteiger partial charge in [0.25, 0.3) is 5.91 Å². The molecule has 1 fully saturated rings. The molecule has 7 heteroatoms. The highest BCUT2D eigenvalue weighted by atomic mass is 16.5. The van der Waals surface area contributed by atoms with E-state index in [1.165, 1.54) is 0 Å². The summed E-state index contributed by atoms with van der Waals surface area (Å²) in [4.78, 5) is 26.3. The van der Waals surface area contributed by atoms with Gasteiger partial charge in [-0.25, -0.2) is 0 Å². The van der Waals surface area contributed by atoms with Gasteiger partial charge in [-0.15, -0.1) is 0 Å². The molecule has 1 saturated heterocycles. The predicted octanol–water partition coefficient (Wildman–Crippen LogP) is 2.87. The monoisotopic (exact) mass is 385 g/mol. The Bertz CT molecular complexity index is 809. The molecule has 0 spiro atoms. The van der Waals surface area contributed by atoms with E-state index in [0.717, 1.165) is 24.2 Å². The number of nitrogens with zero attached hydrogens (tertiary/aromatic N) is 2. The minimum Gasteiger partial charge on any atom is -0.493 e. The molecule has 2 amide bonds. The molecule has 1 N–H and O–H groups in total. The molecule has 1 aromatic carbocycles. The van der Waals surface area contributed by atoms with E-state index < -0.39 is 0 Å². The Kier molecular flexibility index (Phi) is 6.68. The number of aryl methyl sites for hydroxylation is 2. The summed E-state index contributed by atoms with van der Waals surface area (Å²) < 4.78 is 10.7. The second-order valence-electron chi connectivity index (χ2n) is 7.17. The van der Waals surface area contributed by atoms with E-state index in [4.69, 9.17) is 9.26 Å². The second kappa shape index (κ2) is 9.39. The fraction of sp³-hybridized carbons (Fsp3) is 0.476. The van der Waals surface area contributed by atoms with Gasteiger partial charge < -0.3 is 19.5 Å². The lowest BCUT2D eigenvalue weighted by Gasteiger charge is -2.31. The van der Waals surface area contributed by atoms with Crippen LogP contribution in [0.25, 0.3) is 0 Å². The zero-order valence-corrected chi connectivity index (χ0v) is 16.4. The fourth-order valence-electron chi connectivity index (χ4n) is 3.29. The Morgan fingerprint density at radius 2 is 2.00 bits per heavy atom. The van der Waals surface area contributed by atoms with Gasteiger partial charge in [0.2, 0.25) is 5.91 Å². The summed E-state index contributed by atoms with van der Waals surface area (Å²) in [6.45, 7) is 5.49. The van der Waals surface area contributed by atoms with Crippen LogP contribution in [-0.2, 0) is 4.79 Å². The van der Waals surface area contributed by atoms with Gasteiger partial charge in [0.1, 0.15) is 11.5 Å². The first kappa shape index (κ1) is 19.9. The van der Waals surface area contributed by atoms with Crippen molar-refractivity contribution < 1.29 is 18.8 Å². The van der Waals surface area contributed by atoms with Crippen molar-refractivity contribution in [1.82, 2.24) is 15.4 Å². The molecule has 0 atom stereocenters. The third-order valence-corrected chi connectivity index (χ3v) is 4.89. The van der Waals surface area contributed by atoms with Crippen LogP contribution in [-0.4, -0.2) is 47.6 Å². The van der Waals surface area contributed by atoms with Crippen LogP contribution in [0.4, 0.5) is 0 Å². The molecule has 2 heterocycles. The Hall–Kier alpha value is -2.83. The predicted molar refractivity (Wildman–Crippen MR) is 104 cm³/mol. The van der Waals surface area contributed by atoms with Gasteiger partial charge in [-0.2, -0.15) is 0 Å². The van der Waals surface area contributed by atoms with Crippen LogP contribution in [0.1, 0.15) is 47.5 Å². The highest BCUT2D eigenvalue weighted by Crippen LogP contribution is 2.17. The molecule has 1 aliphatic heterocycles. The smallest absolute Gasteiger partial charge is 0.276 e. The summed E-state index contributed by atoms with van der Waals surface area (Å²) in [5.74, 6) is 1.40. The van der Waals surface area contributed by atoms with Crippen molar-refractivity contribution in [3.63, 3.8) is 0 Å². The van der Waals surface area contributed by atoms with Crippen molar-refractivity contribution in [3.8, 4) is 5.75 Å². The van der Waals surface area contributed by atoms with Crippen molar-refractivity contribution in [2.45, 2.75) is 45.6 Å². The summed E-state index contributed by atoms with van der Waals surface area (Å²) >= 11 is 0. The van der Waals surface area contributed by atoms with Gasteiger partial charge in [-0.3, -0.25) is 9.59 Å². The number of aromatic nitrogens is 1. The number of rotatable bonds is 7. The lowest BCUT2D eigenvalue weighted by Crippen LogP contribution is -2.46. The van der Waals surface area contributed by atoms with E-state index in [1.54, 1.807) is 17.9 Å². The topological polar surface area (TPSA) is 84.7 Å². The third kappa shape index (κ3) is 5.34. The molecule has 1 aromatic heterocycles. The molecule has 0 unspecified atom stereocenters. The molecule has 2 aromatic rings. The summed E-state index contributed by atoms with van der Waals surface area (Å²) in [6.07, 6.45) is 2.59. The zero-order chi connectivity index (χ0) is 19.9. The average Bonchev–Trinajstić information content (AvgIpc) is 3.13. The van der Waals surface area contributed by atoms with E-state index in [2.05, 4.69) is 10.5 Å². The van der Waals surface area contributed by atoms with Gasteiger partial charge >= 0.3 is 0 Å². The highest BCUT2D eigenvalue weighted by Gasteiger charge is 2.26. The molecule has 0 saturated carbocycles. The largest absolute Gasteiger partial charge is 0.493 e. The SMILES string of the molecule is Cc1cc(C(=O)N2CCC(NC(=O)CCCOc3ccccc3C)CC2)no1. The van der Waals surface area contributed by atoms with E-state index in [0.29, 0.717) is 44.0 Å². The maximum Gasteiger partial charge on any atom is 0.276 e. The first-order valence-electron chi connectivity index (χ1n) is 9.73. The molecular formula is C21H27N3O4. The van der Waals surface area contributed by atoms with E-state index in [9.17, 15) is 9.59 Å². The van der Waals surface area contributed by atoms with Gasteiger partial charge in [-0.05, 0) is 44.7 Å². The molecule has 28 heavy (non-hydrogen) atoms.